The molecule has 1 aliphatic carbocycles. The van der Waals surface area contributed by atoms with Gasteiger partial charge < -0.3 is 4.90 Å². The van der Waals surface area contributed by atoms with E-state index in [1.165, 1.54) is 45.3 Å². The quantitative estimate of drug-likeness (QED) is 0.611. The van der Waals surface area contributed by atoms with Crippen LogP contribution in [0.2, 0.25) is 0 Å². The SMILES string of the molecule is CC(C)CN1CC2(CCCC2)C1. The molecule has 0 atom stereocenters. The molecule has 70 valence electrons. The summed E-state index contributed by atoms with van der Waals surface area (Å²) in [7, 11) is 0. The minimum absolute atomic E-state index is 0.800. The molecule has 2 fully saturated rings. The van der Waals surface area contributed by atoms with E-state index in [2.05, 4.69) is 18.7 Å². The average Bonchev–Trinajstić information content (AvgIpc) is 2.33. The fourth-order valence-electron chi connectivity index (χ4n) is 2.99. The Kier molecular flexibility index (Phi) is 2.16. The molecule has 1 aliphatic heterocycles. The maximum absolute atomic E-state index is 2.63. The molecule has 0 unspecified atom stereocenters. The first kappa shape index (κ1) is 8.55. The average molecular weight is 167 g/mol. The van der Waals surface area contributed by atoms with E-state index in [0.717, 1.165) is 11.3 Å². The van der Waals surface area contributed by atoms with Crippen LogP contribution in [0.1, 0.15) is 39.5 Å². The molecule has 1 heterocycles. The van der Waals surface area contributed by atoms with E-state index in [9.17, 15) is 0 Å². The van der Waals surface area contributed by atoms with Crippen LogP contribution in [0.4, 0.5) is 0 Å². The zero-order valence-electron chi connectivity index (χ0n) is 8.47. The monoisotopic (exact) mass is 167 g/mol. The standard InChI is InChI=1S/C11H21N/c1-10(2)7-12-8-11(9-12)5-3-4-6-11/h10H,3-9H2,1-2H3. The van der Waals surface area contributed by atoms with Crippen LogP contribution in [0.5, 0.6) is 0 Å². The van der Waals surface area contributed by atoms with Gasteiger partial charge >= 0.3 is 0 Å². The van der Waals surface area contributed by atoms with Crippen molar-refractivity contribution >= 4 is 0 Å². The van der Waals surface area contributed by atoms with Crippen molar-refractivity contribution in [2.24, 2.45) is 11.3 Å². The van der Waals surface area contributed by atoms with Crippen molar-refractivity contribution in [1.29, 1.82) is 0 Å². The van der Waals surface area contributed by atoms with Gasteiger partial charge in [0.2, 0.25) is 0 Å². The molecule has 0 aromatic heterocycles. The van der Waals surface area contributed by atoms with Gasteiger partial charge in [-0.3, -0.25) is 0 Å². The highest BCUT2D eigenvalue weighted by molar-refractivity contribution is 4.97. The maximum Gasteiger partial charge on any atom is 0.00506 e. The summed E-state index contributed by atoms with van der Waals surface area (Å²) in [5.74, 6) is 0.851. The lowest BCUT2D eigenvalue weighted by molar-refractivity contribution is -0.00161. The van der Waals surface area contributed by atoms with Crippen LogP contribution in [0, 0.1) is 11.3 Å². The topological polar surface area (TPSA) is 3.24 Å². The minimum atomic E-state index is 0.800. The van der Waals surface area contributed by atoms with Crippen molar-refractivity contribution in [1.82, 2.24) is 4.90 Å². The van der Waals surface area contributed by atoms with Gasteiger partial charge in [-0.05, 0) is 24.2 Å². The third-order valence-electron chi connectivity index (χ3n) is 3.41. The predicted molar refractivity (Wildman–Crippen MR) is 52.2 cm³/mol. The Morgan fingerprint density at radius 2 is 1.75 bits per heavy atom. The lowest BCUT2D eigenvalue weighted by Gasteiger charge is -2.49. The molecule has 12 heavy (non-hydrogen) atoms. The maximum atomic E-state index is 2.63. The summed E-state index contributed by atoms with van der Waals surface area (Å²) >= 11 is 0. The van der Waals surface area contributed by atoms with Gasteiger partial charge in [-0.25, -0.2) is 0 Å². The minimum Gasteiger partial charge on any atom is -0.302 e. The Morgan fingerprint density at radius 1 is 1.17 bits per heavy atom. The third-order valence-corrected chi connectivity index (χ3v) is 3.41. The van der Waals surface area contributed by atoms with Crippen LogP contribution >= 0.6 is 0 Å². The first-order valence-corrected chi connectivity index (χ1v) is 5.43. The highest BCUT2D eigenvalue weighted by atomic mass is 15.2. The van der Waals surface area contributed by atoms with Crippen LogP contribution < -0.4 is 0 Å². The van der Waals surface area contributed by atoms with E-state index >= 15 is 0 Å². The molecule has 0 bridgehead atoms. The molecule has 0 N–H and O–H groups in total. The fraction of sp³-hybridized carbons (Fsp3) is 1.00. The van der Waals surface area contributed by atoms with Crippen LogP contribution in [0.3, 0.4) is 0 Å². The van der Waals surface area contributed by atoms with Gasteiger partial charge in [0.05, 0.1) is 0 Å². The van der Waals surface area contributed by atoms with Crippen molar-refractivity contribution in [3.63, 3.8) is 0 Å². The number of hydrogen-bond donors (Lipinski definition) is 0. The predicted octanol–water partition coefficient (Wildman–Crippen LogP) is 2.52. The van der Waals surface area contributed by atoms with Gasteiger partial charge in [0.1, 0.15) is 0 Å². The summed E-state index contributed by atoms with van der Waals surface area (Å²) in [6.45, 7) is 8.78. The lowest BCUT2D eigenvalue weighted by Crippen LogP contribution is -2.55. The summed E-state index contributed by atoms with van der Waals surface area (Å²) in [5, 5.41) is 0. The van der Waals surface area contributed by atoms with Gasteiger partial charge in [0, 0.05) is 19.6 Å². The van der Waals surface area contributed by atoms with E-state index < -0.39 is 0 Å². The summed E-state index contributed by atoms with van der Waals surface area (Å²) in [5.41, 5.74) is 0.800. The van der Waals surface area contributed by atoms with Crippen molar-refractivity contribution in [2.75, 3.05) is 19.6 Å². The van der Waals surface area contributed by atoms with Gasteiger partial charge in [0.25, 0.3) is 0 Å². The molecule has 0 aromatic carbocycles. The molecule has 1 heteroatoms. The Morgan fingerprint density at radius 3 is 2.25 bits per heavy atom. The van der Waals surface area contributed by atoms with E-state index in [0.29, 0.717) is 0 Å². The van der Waals surface area contributed by atoms with Crippen LogP contribution in [-0.4, -0.2) is 24.5 Å². The second kappa shape index (κ2) is 3.02. The van der Waals surface area contributed by atoms with E-state index in [4.69, 9.17) is 0 Å². The highest BCUT2D eigenvalue weighted by Crippen LogP contribution is 2.45. The van der Waals surface area contributed by atoms with E-state index in [1.54, 1.807) is 0 Å². The van der Waals surface area contributed by atoms with E-state index in [-0.39, 0.29) is 0 Å². The van der Waals surface area contributed by atoms with Gasteiger partial charge in [-0.1, -0.05) is 26.7 Å². The first-order valence-electron chi connectivity index (χ1n) is 5.43. The zero-order chi connectivity index (χ0) is 8.60. The third kappa shape index (κ3) is 1.52. The Hall–Kier alpha value is -0.0400. The van der Waals surface area contributed by atoms with Gasteiger partial charge in [0.15, 0.2) is 0 Å². The van der Waals surface area contributed by atoms with E-state index in [1.807, 2.05) is 0 Å². The molecule has 1 nitrogen and oxygen atoms in total. The molecule has 0 radical (unpaired) electrons. The first-order chi connectivity index (χ1) is 5.70. The molecule has 2 aliphatic rings. The molecular formula is C11H21N. The molecule has 1 saturated heterocycles. The molecule has 0 amide bonds. The Balaban J connectivity index is 1.75. The number of rotatable bonds is 2. The van der Waals surface area contributed by atoms with Crippen molar-refractivity contribution in [3.8, 4) is 0 Å². The van der Waals surface area contributed by atoms with Crippen molar-refractivity contribution in [2.45, 2.75) is 39.5 Å². The summed E-state index contributed by atoms with van der Waals surface area (Å²) in [4.78, 5) is 2.63. The smallest absolute Gasteiger partial charge is 0.00506 e. The summed E-state index contributed by atoms with van der Waals surface area (Å²) in [6, 6.07) is 0. The van der Waals surface area contributed by atoms with Crippen molar-refractivity contribution in [3.05, 3.63) is 0 Å². The highest BCUT2D eigenvalue weighted by Gasteiger charge is 2.44. The molecule has 1 saturated carbocycles. The van der Waals surface area contributed by atoms with Gasteiger partial charge in [-0.2, -0.15) is 0 Å². The lowest BCUT2D eigenvalue weighted by atomic mass is 9.78. The number of likely N-dealkylation sites (tertiary alicyclic amines) is 1. The number of nitrogens with zero attached hydrogens (tertiary/aromatic N) is 1. The van der Waals surface area contributed by atoms with Crippen LogP contribution in [0.25, 0.3) is 0 Å². The van der Waals surface area contributed by atoms with Crippen molar-refractivity contribution < 1.29 is 0 Å². The summed E-state index contributed by atoms with van der Waals surface area (Å²) < 4.78 is 0. The molecular weight excluding hydrogens is 146 g/mol. The largest absolute Gasteiger partial charge is 0.302 e. The van der Waals surface area contributed by atoms with Crippen LogP contribution in [-0.2, 0) is 0 Å². The molecule has 2 rings (SSSR count). The van der Waals surface area contributed by atoms with Crippen LogP contribution in [0.15, 0.2) is 0 Å². The second-order valence-electron chi connectivity index (χ2n) is 5.27. The normalized spacial score (nSPS) is 28.2. The molecule has 1 spiro atoms. The fourth-order valence-corrected chi connectivity index (χ4v) is 2.99. The van der Waals surface area contributed by atoms with Gasteiger partial charge in [-0.15, -0.1) is 0 Å². The molecule has 0 aromatic rings. The summed E-state index contributed by atoms with van der Waals surface area (Å²) in [6.07, 6.45) is 6.02. The zero-order valence-corrected chi connectivity index (χ0v) is 8.47. The number of hydrogen-bond acceptors (Lipinski definition) is 1. The second-order valence-corrected chi connectivity index (χ2v) is 5.27. The Labute approximate surface area is 76.1 Å². The Bertz CT molecular complexity index is 148.